The molecule has 1 fully saturated rings. The van der Waals surface area contributed by atoms with E-state index >= 15 is 0 Å². The van der Waals surface area contributed by atoms with Crippen LogP contribution in [0.15, 0.2) is 6.20 Å². The number of alkyl halides is 1. The van der Waals surface area contributed by atoms with E-state index in [1.807, 2.05) is 22.6 Å². The number of ether oxygens (including phenoxy) is 1. The van der Waals surface area contributed by atoms with Crippen molar-refractivity contribution in [3.63, 3.8) is 0 Å². The molecule has 0 amide bonds. The molecule has 0 N–H and O–H groups in total. The Kier molecular flexibility index (Phi) is 1.96. The van der Waals surface area contributed by atoms with Crippen LogP contribution in [-0.2, 0) is 8.47 Å². The van der Waals surface area contributed by atoms with Crippen LogP contribution in [0.25, 0.3) is 0 Å². The van der Waals surface area contributed by atoms with E-state index in [0.29, 0.717) is 6.61 Å². The maximum absolute atomic E-state index is 10.3. The van der Waals surface area contributed by atoms with Crippen LogP contribution in [0.3, 0.4) is 0 Å². The molecule has 70 valence electrons. The summed E-state index contributed by atoms with van der Waals surface area (Å²) >= 11 is 7.69. The standard InChI is InChI=1S/C5H3ClIN3O3/c6-4-8-3(10(11)12)1-9(4)5(7)2-13-5/h1H,2H2. The van der Waals surface area contributed by atoms with E-state index in [9.17, 15) is 10.1 Å². The average molecular weight is 315 g/mol. The first-order chi connectivity index (χ1) is 6.03. The number of halogens is 2. The predicted molar refractivity (Wildman–Crippen MR) is 51.8 cm³/mol. The monoisotopic (exact) mass is 315 g/mol. The van der Waals surface area contributed by atoms with Crippen molar-refractivity contribution in [2.75, 3.05) is 6.61 Å². The van der Waals surface area contributed by atoms with Crippen molar-refractivity contribution in [3.8, 4) is 0 Å². The Morgan fingerprint density at radius 2 is 2.54 bits per heavy atom. The quantitative estimate of drug-likeness (QED) is 0.273. The third kappa shape index (κ3) is 1.51. The van der Waals surface area contributed by atoms with Crippen LogP contribution in [-0.4, -0.2) is 21.1 Å². The molecule has 0 saturated carbocycles. The normalized spacial score (nSPS) is 26.0. The van der Waals surface area contributed by atoms with E-state index in [2.05, 4.69) is 4.98 Å². The van der Waals surface area contributed by atoms with E-state index in [1.54, 1.807) is 0 Å². The maximum Gasteiger partial charge on any atom is 0.383 e. The highest BCUT2D eigenvalue weighted by atomic mass is 127. The molecule has 0 aromatic carbocycles. The summed E-state index contributed by atoms with van der Waals surface area (Å²) in [4.78, 5) is 13.3. The van der Waals surface area contributed by atoms with Crippen LogP contribution in [0.5, 0.6) is 0 Å². The van der Waals surface area contributed by atoms with Gasteiger partial charge >= 0.3 is 11.1 Å². The van der Waals surface area contributed by atoms with Gasteiger partial charge in [0.15, 0.2) is 0 Å². The van der Waals surface area contributed by atoms with Gasteiger partial charge in [-0.1, -0.05) is 0 Å². The van der Waals surface area contributed by atoms with Crippen LogP contribution in [0.2, 0.25) is 5.28 Å². The van der Waals surface area contributed by atoms with Gasteiger partial charge in [-0.05, 0) is 44.1 Å². The molecule has 13 heavy (non-hydrogen) atoms. The molecule has 0 bridgehead atoms. The Labute approximate surface area is 91.1 Å². The van der Waals surface area contributed by atoms with Gasteiger partial charge in [0.05, 0.1) is 0 Å². The third-order valence-electron chi connectivity index (χ3n) is 1.58. The highest BCUT2D eigenvalue weighted by Crippen LogP contribution is 2.42. The van der Waals surface area contributed by atoms with Crippen molar-refractivity contribution in [1.29, 1.82) is 0 Å². The summed E-state index contributed by atoms with van der Waals surface area (Å²) < 4.78 is 5.92. The molecule has 1 aromatic heterocycles. The first-order valence-corrected chi connectivity index (χ1v) is 4.71. The summed E-state index contributed by atoms with van der Waals surface area (Å²) in [7, 11) is 0. The lowest BCUT2D eigenvalue weighted by Crippen LogP contribution is -2.08. The van der Waals surface area contributed by atoms with Gasteiger partial charge in [0, 0.05) is 0 Å². The number of hydrogen-bond acceptors (Lipinski definition) is 4. The van der Waals surface area contributed by atoms with Gasteiger partial charge in [0.25, 0.3) is 0 Å². The minimum Gasteiger partial charge on any atom is -0.358 e. The molecular weight excluding hydrogens is 312 g/mol. The van der Waals surface area contributed by atoms with Gasteiger partial charge in [0.2, 0.25) is 3.73 Å². The molecule has 0 radical (unpaired) electrons. The highest BCUT2D eigenvalue weighted by molar-refractivity contribution is 14.1. The number of nitro groups is 1. The van der Waals surface area contributed by atoms with Crippen molar-refractivity contribution in [2.45, 2.75) is 3.73 Å². The van der Waals surface area contributed by atoms with E-state index < -0.39 is 8.66 Å². The minimum atomic E-state index is -0.592. The molecule has 1 aliphatic heterocycles. The summed E-state index contributed by atoms with van der Waals surface area (Å²) in [6, 6.07) is 0. The lowest BCUT2D eigenvalue weighted by molar-refractivity contribution is -0.389. The van der Waals surface area contributed by atoms with Crippen LogP contribution in [0.4, 0.5) is 5.82 Å². The molecule has 1 atom stereocenters. The Hall–Kier alpha value is -0.410. The third-order valence-corrected chi connectivity index (χ3v) is 2.99. The van der Waals surface area contributed by atoms with Gasteiger partial charge in [-0.2, -0.15) is 0 Å². The van der Waals surface area contributed by atoms with Crippen molar-refractivity contribution in [3.05, 3.63) is 21.6 Å². The van der Waals surface area contributed by atoms with Crippen LogP contribution < -0.4 is 0 Å². The second-order valence-electron chi connectivity index (χ2n) is 2.47. The molecule has 8 heteroatoms. The Balaban J connectivity index is 2.42. The van der Waals surface area contributed by atoms with Crippen molar-refractivity contribution >= 4 is 40.0 Å². The molecule has 2 heterocycles. The first-order valence-electron chi connectivity index (χ1n) is 3.25. The second-order valence-corrected chi connectivity index (χ2v) is 4.50. The van der Waals surface area contributed by atoms with Crippen LogP contribution >= 0.6 is 34.2 Å². The smallest absolute Gasteiger partial charge is 0.358 e. The maximum atomic E-state index is 10.3. The number of nitrogens with zero attached hydrogens (tertiary/aromatic N) is 3. The van der Waals surface area contributed by atoms with Crippen LogP contribution in [0.1, 0.15) is 0 Å². The zero-order valence-corrected chi connectivity index (χ0v) is 9.02. The molecule has 2 rings (SSSR count). The lowest BCUT2D eigenvalue weighted by Gasteiger charge is -2.01. The second kappa shape index (κ2) is 2.79. The number of hydrogen-bond donors (Lipinski definition) is 0. The zero-order valence-electron chi connectivity index (χ0n) is 6.11. The number of aromatic nitrogens is 2. The summed E-state index contributed by atoms with van der Waals surface area (Å²) in [5.41, 5.74) is 0. The number of epoxide rings is 1. The van der Waals surface area contributed by atoms with Crippen LogP contribution in [0, 0.1) is 10.1 Å². The molecule has 1 aromatic rings. The van der Waals surface area contributed by atoms with Gasteiger partial charge in [0.1, 0.15) is 12.8 Å². The summed E-state index contributed by atoms with van der Waals surface area (Å²) in [6.07, 6.45) is 1.27. The van der Waals surface area contributed by atoms with Crippen molar-refractivity contribution < 1.29 is 9.66 Å². The summed E-state index contributed by atoms with van der Waals surface area (Å²) in [5.74, 6) is -0.267. The largest absolute Gasteiger partial charge is 0.383 e. The fraction of sp³-hybridized carbons (Fsp3) is 0.400. The number of imidazole rings is 1. The molecule has 1 unspecified atom stereocenters. The average Bonchev–Trinajstić information content (AvgIpc) is 2.63. The van der Waals surface area contributed by atoms with Gasteiger partial charge in [-0.3, -0.25) is 4.57 Å². The SMILES string of the molecule is O=[N+]([O-])c1cn(C2(I)CO2)c(Cl)n1. The predicted octanol–water partition coefficient (Wildman–Crippen LogP) is 1.52. The summed E-state index contributed by atoms with van der Waals surface area (Å²) in [5, 5.41) is 10.4. The van der Waals surface area contributed by atoms with E-state index in [4.69, 9.17) is 16.3 Å². The zero-order chi connectivity index (χ0) is 9.64. The summed E-state index contributed by atoms with van der Waals surface area (Å²) in [6.45, 7) is 0.487. The van der Waals surface area contributed by atoms with Gasteiger partial charge in [-0.15, -0.1) is 0 Å². The van der Waals surface area contributed by atoms with E-state index in [1.165, 1.54) is 10.8 Å². The topological polar surface area (TPSA) is 73.5 Å². The molecule has 0 spiro atoms. The minimum absolute atomic E-state index is 0.0681. The Morgan fingerprint density at radius 3 is 2.92 bits per heavy atom. The fourth-order valence-corrected chi connectivity index (χ4v) is 1.80. The Morgan fingerprint density at radius 1 is 1.92 bits per heavy atom. The molecule has 0 aliphatic carbocycles. The first kappa shape index (κ1) is 9.16. The number of rotatable bonds is 2. The molecule has 1 aliphatic rings. The van der Waals surface area contributed by atoms with Crippen molar-refractivity contribution in [2.24, 2.45) is 0 Å². The molecule has 6 nitrogen and oxygen atoms in total. The Bertz CT molecular complexity index is 375. The van der Waals surface area contributed by atoms with E-state index in [0.717, 1.165) is 0 Å². The fourth-order valence-electron chi connectivity index (χ4n) is 0.867. The van der Waals surface area contributed by atoms with Crippen molar-refractivity contribution in [1.82, 2.24) is 9.55 Å². The lowest BCUT2D eigenvalue weighted by atomic mass is 10.7. The van der Waals surface area contributed by atoms with E-state index in [-0.39, 0.29) is 11.1 Å². The van der Waals surface area contributed by atoms with Gasteiger partial charge in [-0.25, -0.2) is 0 Å². The molecular formula is C5H3ClIN3O3. The van der Waals surface area contributed by atoms with Gasteiger partial charge < -0.3 is 14.9 Å². The molecule has 1 saturated heterocycles. The highest BCUT2D eigenvalue weighted by Gasteiger charge is 2.47.